The first-order valence-electron chi connectivity index (χ1n) is 10.7. The first-order chi connectivity index (χ1) is 15.1. The van der Waals surface area contributed by atoms with E-state index in [0.717, 1.165) is 0 Å². The van der Waals surface area contributed by atoms with Crippen molar-refractivity contribution in [3.05, 3.63) is 35.9 Å². The molecular weight excluding hydrogens is 729 g/mol. The van der Waals surface area contributed by atoms with E-state index in [1.165, 1.54) is 42.5 Å². The molecular formula is C19H34B2Cl6N2Si2Zr2. The van der Waals surface area contributed by atoms with Gasteiger partial charge in [-0.1, -0.05) is 0 Å². The second-order valence-electron chi connectivity index (χ2n) is 9.45. The van der Waals surface area contributed by atoms with Crippen LogP contribution in [0.15, 0.2) is 30.3 Å². The molecule has 0 unspecified atom stereocenters. The fourth-order valence-electron chi connectivity index (χ4n) is 3.69. The minimum atomic E-state index is -2.13. The van der Waals surface area contributed by atoms with Gasteiger partial charge in [-0.15, -0.1) is 0 Å². The van der Waals surface area contributed by atoms with Gasteiger partial charge in [0.2, 0.25) is 0 Å². The molecule has 1 aromatic rings. The summed E-state index contributed by atoms with van der Waals surface area (Å²) in [6, 6.07) is 10.8. The van der Waals surface area contributed by atoms with E-state index in [0.29, 0.717) is 0 Å². The molecule has 0 spiro atoms. The zero-order chi connectivity index (χ0) is 25.8. The molecule has 0 saturated heterocycles. The summed E-state index contributed by atoms with van der Waals surface area (Å²) >= 11 is -4.25. The Balaban J connectivity index is 0.000000490. The van der Waals surface area contributed by atoms with Crippen molar-refractivity contribution in [2.75, 3.05) is 13.1 Å². The number of rotatable bonds is 3. The molecule has 0 radical (unpaired) electrons. The molecule has 0 bridgehead atoms. The van der Waals surface area contributed by atoms with Gasteiger partial charge in [-0.3, -0.25) is 0 Å². The summed E-state index contributed by atoms with van der Waals surface area (Å²) < 4.78 is 5.22. The molecule has 33 heavy (non-hydrogen) atoms. The van der Waals surface area contributed by atoms with Crippen molar-refractivity contribution in [2.24, 2.45) is 0 Å². The summed E-state index contributed by atoms with van der Waals surface area (Å²) in [5.41, 5.74) is 4.33. The van der Waals surface area contributed by atoms with Gasteiger partial charge >= 0.3 is 246 Å². The van der Waals surface area contributed by atoms with E-state index in [1.807, 2.05) is 0 Å². The van der Waals surface area contributed by atoms with Gasteiger partial charge in [-0.25, -0.2) is 0 Å². The maximum atomic E-state index is 5.00. The topological polar surface area (TPSA) is 6.48 Å². The van der Waals surface area contributed by atoms with E-state index >= 15 is 0 Å². The molecule has 2 aliphatic rings. The number of halogens is 6. The first kappa shape index (κ1) is 35.6. The minimum absolute atomic E-state index is 1.02. The Kier molecular flexibility index (Phi) is 19.4. The second-order valence-corrected chi connectivity index (χ2v) is 41.6. The van der Waals surface area contributed by atoms with Crippen LogP contribution < -0.4 is 0 Å². The van der Waals surface area contributed by atoms with Crippen LogP contribution in [0.4, 0.5) is 0 Å². The zero-order valence-corrected chi connectivity index (χ0v) is 32.0. The second kappa shape index (κ2) is 18.0. The third-order valence-corrected chi connectivity index (χ3v) is 9.17. The van der Waals surface area contributed by atoms with Crippen LogP contribution in [0.25, 0.3) is 0 Å². The predicted octanol–water partition coefficient (Wildman–Crippen LogP) is 7.98. The Morgan fingerprint density at radius 3 is 1.42 bits per heavy atom. The number of hydrogen-bond acceptors (Lipinski definition) is 2. The van der Waals surface area contributed by atoms with Crippen LogP contribution in [0.3, 0.4) is 0 Å². The van der Waals surface area contributed by atoms with Gasteiger partial charge in [0.25, 0.3) is 0 Å². The molecule has 14 heteroatoms. The van der Waals surface area contributed by atoms with Gasteiger partial charge in [0, 0.05) is 0 Å². The fraction of sp³-hybridized carbons (Fsp3) is 0.579. The molecule has 1 aromatic carbocycles. The van der Waals surface area contributed by atoms with Crippen LogP contribution >= 0.6 is 51.1 Å². The molecule has 0 amide bonds. The summed E-state index contributed by atoms with van der Waals surface area (Å²) in [5.74, 6) is 0. The number of hydrogen-bond donors (Lipinski definition) is 0. The molecule has 0 fully saturated rings. The van der Waals surface area contributed by atoms with Crippen molar-refractivity contribution in [2.45, 2.75) is 58.8 Å². The molecule has 2 aliphatic heterocycles. The monoisotopic (exact) mass is 758 g/mol. The molecule has 0 aliphatic carbocycles. The molecule has 0 atom stereocenters. The van der Waals surface area contributed by atoms with E-state index in [9.17, 15) is 0 Å². The summed E-state index contributed by atoms with van der Waals surface area (Å²) in [7, 11) is 27.8. The van der Waals surface area contributed by atoms with Crippen LogP contribution in [0, 0.1) is 0 Å². The summed E-state index contributed by atoms with van der Waals surface area (Å²) in [6.07, 6.45) is 2.46. The molecule has 184 valence electrons. The third kappa shape index (κ3) is 17.0. The summed E-state index contributed by atoms with van der Waals surface area (Å²) in [5, 5.41) is 0. The van der Waals surface area contributed by atoms with Gasteiger partial charge in [-0.05, 0) is 0 Å². The normalized spacial score (nSPS) is 14.7. The van der Waals surface area contributed by atoms with Crippen molar-refractivity contribution >= 4 is 92.6 Å². The molecule has 3 rings (SSSR count). The predicted molar refractivity (Wildman–Crippen MR) is 158 cm³/mol. The molecule has 2 nitrogen and oxygen atoms in total. The Morgan fingerprint density at radius 2 is 1.09 bits per heavy atom. The van der Waals surface area contributed by atoms with Gasteiger partial charge < -0.3 is 0 Å². The SMILES string of the molecule is CC1=BCCN1[Si](C)(C)C.C[Si](C)(C)N1CCB=C1c1ccccc1.[Cl][Zr]([Cl])[Cl].[Cl][Zr]([Cl])[Cl]. The van der Waals surface area contributed by atoms with E-state index < -0.39 is 52.8 Å². The standard InChI is InChI=1S/C12H18BNSi.C7H16BNSi.6ClH.2Zr/c1-15(2,3)14-10-9-13-12(14)11-7-5-4-6-8-11;1-7-8-5-6-9(7)10(2,3)4;;;;;;;;/h4-8H,9-10H2,1-3H3;5-6H2,1-4H3;6*1H;;/q;;;;;;;;2*+3/p-6. The van der Waals surface area contributed by atoms with Gasteiger partial charge in [0.15, 0.2) is 0 Å². The number of nitrogens with zero attached hydrogens (tertiary/aromatic N) is 2. The molecule has 0 saturated carbocycles. The zero-order valence-electron chi connectivity index (χ0n) is 20.5. The van der Waals surface area contributed by atoms with E-state index in [2.05, 4.69) is 99.5 Å². The first-order valence-corrected chi connectivity index (χ1v) is 36.6. The van der Waals surface area contributed by atoms with Crippen molar-refractivity contribution in [1.82, 2.24) is 9.13 Å². The van der Waals surface area contributed by atoms with Crippen molar-refractivity contribution in [1.29, 1.82) is 0 Å². The van der Waals surface area contributed by atoms with Crippen LogP contribution in [-0.4, -0.2) is 63.7 Å². The number of benzene rings is 1. The van der Waals surface area contributed by atoms with E-state index in [4.69, 9.17) is 51.1 Å². The summed E-state index contributed by atoms with van der Waals surface area (Å²) in [6.45, 7) is 23.9. The van der Waals surface area contributed by atoms with Crippen LogP contribution in [0.1, 0.15) is 12.5 Å². The van der Waals surface area contributed by atoms with Crippen LogP contribution in [0.5, 0.6) is 0 Å². The Bertz CT molecular complexity index is 737. The fourth-order valence-corrected chi connectivity index (χ4v) is 7.39. The molecule has 0 N–H and O–H groups in total. The van der Waals surface area contributed by atoms with E-state index in [1.54, 1.807) is 0 Å². The van der Waals surface area contributed by atoms with Crippen molar-refractivity contribution < 1.29 is 36.3 Å². The Labute approximate surface area is 242 Å². The average molecular weight is 763 g/mol. The van der Waals surface area contributed by atoms with Crippen LogP contribution in [0.2, 0.25) is 51.9 Å². The van der Waals surface area contributed by atoms with Gasteiger partial charge in [0.1, 0.15) is 0 Å². The van der Waals surface area contributed by atoms with E-state index in [-0.39, 0.29) is 0 Å². The maximum absolute atomic E-state index is 5.00. The Morgan fingerprint density at radius 1 is 0.697 bits per heavy atom. The quantitative estimate of drug-likeness (QED) is 0.289. The van der Waals surface area contributed by atoms with Crippen LogP contribution in [-0.2, 0) is 36.3 Å². The summed E-state index contributed by atoms with van der Waals surface area (Å²) in [4.78, 5) is 0. The molecule has 0 aromatic heterocycles. The third-order valence-electron chi connectivity index (χ3n) is 4.89. The van der Waals surface area contributed by atoms with Crippen molar-refractivity contribution in [3.8, 4) is 0 Å². The Hall–Kier alpha value is 2.63. The average Bonchev–Trinajstić information content (AvgIpc) is 3.30. The van der Waals surface area contributed by atoms with Gasteiger partial charge in [0.05, 0.1) is 0 Å². The molecule has 2 heterocycles. The van der Waals surface area contributed by atoms with Gasteiger partial charge in [-0.2, -0.15) is 0 Å². The van der Waals surface area contributed by atoms with Crippen molar-refractivity contribution in [3.63, 3.8) is 0 Å².